The Balaban J connectivity index is 1.62. The molecule has 3 nitrogen and oxygen atoms in total. The fraction of sp³-hybridized carbons (Fsp3) is 0.333. The first-order valence-electron chi connectivity index (χ1n) is 8.23. The molecule has 1 saturated heterocycles. The molecule has 116 valence electrons. The molecule has 3 rings (SSSR count). The third kappa shape index (κ3) is 3.93. The van der Waals surface area contributed by atoms with Crippen LogP contribution in [0.4, 0.5) is 11.4 Å². The van der Waals surface area contributed by atoms with Gasteiger partial charge in [-0.1, -0.05) is 35.9 Å². The predicted octanol–water partition coefficient (Wildman–Crippen LogP) is 3.40. The third-order valence-electron chi connectivity index (χ3n) is 3.92. The van der Waals surface area contributed by atoms with Crippen LogP contribution in [0.1, 0.15) is 5.56 Å². The number of piperazine rings is 1. The molecule has 1 aliphatic rings. The lowest BCUT2D eigenvalue weighted by Crippen LogP contribution is -2.43. The summed E-state index contributed by atoms with van der Waals surface area (Å²) < 4.78 is 7.68. The first kappa shape index (κ1) is 13.9. The summed E-state index contributed by atoms with van der Waals surface area (Å²) in [7, 11) is 0. The highest BCUT2D eigenvalue weighted by Gasteiger charge is 2.13. The van der Waals surface area contributed by atoms with Crippen molar-refractivity contribution in [1.29, 1.82) is 0 Å². The molecule has 0 saturated carbocycles. The van der Waals surface area contributed by atoms with Gasteiger partial charge in [-0.05, 0) is 36.2 Å². The van der Waals surface area contributed by atoms with Gasteiger partial charge < -0.3 is 15.5 Å². The SMILES string of the molecule is [2H]N1CCN(c2ccccc2NCCc2cccc(Cl)c2)CC1. The molecule has 4 heteroatoms. The molecule has 0 unspecified atom stereocenters. The predicted molar refractivity (Wildman–Crippen MR) is 95.2 cm³/mol. The van der Waals surface area contributed by atoms with Gasteiger partial charge >= 0.3 is 0 Å². The van der Waals surface area contributed by atoms with Crippen LogP contribution in [0.15, 0.2) is 48.5 Å². The van der Waals surface area contributed by atoms with E-state index in [4.69, 9.17) is 13.0 Å². The summed E-state index contributed by atoms with van der Waals surface area (Å²) in [5.74, 6) is 0. The van der Waals surface area contributed by atoms with Crippen LogP contribution in [-0.2, 0) is 6.42 Å². The minimum atomic E-state index is 0.788. The maximum atomic E-state index is 7.68. The van der Waals surface area contributed by atoms with E-state index >= 15 is 0 Å². The maximum Gasteiger partial charge on any atom is 0.122 e. The highest BCUT2D eigenvalue weighted by Crippen LogP contribution is 2.25. The Morgan fingerprint density at radius 2 is 1.95 bits per heavy atom. The first-order chi connectivity index (χ1) is 11.2. The summed E-state index contributed by atoms with van der Waals surface area (Å²) in [5, 5.41) is 5.96. The second kappa shape index (κ2) is 7.52. The molecule has 0 bridgehead atoms. The van der Waals surface area contributed by atoms with Crippen molar-refractivity contribution in [2.24, 2.45) is 0 Å². The lowest BCUT2D eigenvalue weighted by atomic mass is 10.1. The normalized spacial score (nSPS) is 16.4. The molecule has 0 radical (unpaired) electrons. The molecule has 0 aromatic heterocycles. The minimum absolute atomic E-state index is 0.788. The number of hydrogen-bond donors (Lipinski definition) is 2. The van der Waals surface area contributed by atoms with Crippen molar-refractivity contribution in [2.45, 2.75) is 6.42 Å². The number of hydrogen-bond acceptors (Lipinski definition) is 3. The Bertz CT molecular complexity index is 642. The number of nitrogens with one attached hydrogen (secondary N) is 2. The Morgan fingerprint density at radius 1 is 1.14 bits per heavy atom. The first-order valence-corrected chi connectivity index (χ1v) is 8.16. The fourth-order valence-electron chi connectivity index (χ4n) is 2.78. The van der Waals surface area contributed by atoms with E-state index in [1.807, 2.05) is 18.2 Å². The summed E-state index contributed by atoms with van der Waals surface area (Å²) in [6, 6.07) is 16.4. The summed E-state index contributed by atoms with van der Waals surface area (Å²) in [6.45, 7) is 4.25. The van der Waals surface area contributed by atoms with E-state index < -0.39 is 0 Å². The molecule has 1 heterocycles. The second-order valence-electron chi connectivity index (χ2n) is 5.48. The molecule has 1 aliphatic heterocycles. The van der Waals surface area contributed by atoms with Crippen LogP contribution in [0.25, 0.3) is 0 Å². The zero-order valence-electron chi connectivity index (χ0n) is 13.6. The van der Waals surface area contributed by atoms with Gasteiger partial charge in [-0.3, -0.25) is 0 Å². The highest BCUT2D eigenvalue weighted by atomic mass is 35.5. The Morgan fingerprint density at radius 3 is 2.77 bits per heavy atom. The van der Waals surface area contributed by atoms with E-state index in [1.54, 1.807) is 5.31 Å². The van der Waals surface area contributed by atoms with E-state index in [-0.39, 0.29) is 0 Å². The van der Waals surface area contributed by atoms with Crippen LogP contribution in [0, 0.1) is 0 Å². The van der Waals surface area contributed by atoms with Crippen molar-refractivity contribution in [3.63, 3.8) is 0 Å². The fourth-order valence-corrected chi connectivity index (χ4v) is 2.99. The van der Waals surface area contributed by atoms with Gasteiger partial charge in [0.25, 0.3) is 0 Å². The van der Waals surface area contributed by atoms with Crippen molar-refractivity contribution in [2.75, 3.05) is 42.9 Å². The molecule has 1 fully saturated rings. The van der Waals surface area contributed by atoms with Gasteiger partial charge in [-0.15, -0.1) is 0 Å². The van der Waals surface area contributed by atoms with E-state index in [1.165, 1.54) is 11.3 Å². The smallest absolute Gasteiger partial charge is 0.122 e. The summed E-state index contributed by atoms with van der Waals surface area (Å²) in [5.41, 5.74) is 3.63. The van der Waals surface area contributed by atoms with Crippen LogP contribution < -0.4 is 15.5 Å². The van der Waals surface area contributed by atoms with Crippen LogP contribution >= 0.6 is 11.6 Å². The lowest BCUT2D eigenvalue weighted by Gasteiger charge is -2.31. The standard InChI is InChI=1S/C18H22ClN3/c19-16-5-3-4-15(14-16)8-9-21-17-6-1-2-7-18(17)22-12-10-20-11-13-22/h1-7,14,20-21H,8-13H2/i/hD. The summed E-state index contributed by atoms with van der Waals surface area (Å²) in [6.07, 6.45) is 0.940. The average molecular weight is 317 g/mol. The molecular weight excluding hydrogens is 294 g/mol. The van der Waals surface area contributed by atoms with E-state index in [2.05, 4.69) is 40.5 Å². The number of anilines is 2. The zero-order chi connectivity index (χ0) is 16.1. The maximum absolute atomic E-state index is 7.68. The Labute approximate surface area is 138 Å². The van der Waals surface area contributed by atoms with Crippen LogP contribution in [-0.4, -0.2) is 32.7 Å². The van der Waals surface area contributed by atoms with Gasteiger partial charge in [0.1, 0.15) is 1.41 Å². The van der Waals surface area contributed by atoms with Gasteiger partial charge in [0.05, 0.1) is 11.4 Å². The number of nitrogens with zero attached hydrogens (tertiary/aromatic N) is 1. The van der Waals surface area contributed by atoms with Crippen molar-refractivity contribution in [1.82, 2.24) is 5.31 Å². The number of halogens is 1. The molecular formula is C18H22ClN3. The Hall–Kier alpha value is -1.71. The molecule has 0 atom stereocenters. The Kier molecular flexibility index (Phi) is 4.76. The summed E-state index contributed by atoms with van der Waals surface area (Å²) in [4.78, 5) is 2.35. The largest absolute Gasteiger partial charge is 0.383 e. The lowest BCUT2D eigenvalue weighted by molar-refractivity contribution is 0.589. The van der Waals surface area contributed by atoms with E-state index in [0.717, 1.165) is 49.9 Å². The van der Waals surface area contributed by atoms with Crippen molar-refractivity contribution in [3.8, 4) is 0 Å². The second-order valence-corrected chi connectivity index (χ2v) is 5.92. The van der Waals surface area contributed by atoms with Gasteiger partial charge in [0.2, 0.25) is 0 Å². The monoisotopic (exact) mass is 316 g/mol. The van der Waals surface area contributed by atoms with Gasteiger partial charge in [0, 0.05) is 37.7 Å². The van der Waals surface area contributed by atoms with Crippen molar-refractivity contribution < 1.29 is 1.41 Å². The topological polar surface area (TPSA) is 27.3 Å². The average Bonchev–Trinajstić information content (AvgIpc) is 2.56. The van der Waals surface area contributed by atoms with Crippen molar-refractivity contribution >= 4 is 23.0 Å². The van der Waals surface area contributed by atoms with Gasteiger partial charge in [0.15, 0.2) is 0 Å². The van der Waals surface area contributed by atoms with Crippen molar-refractivity contribution in [3.05, 3.63) is 59.1 Å². The molecule has 2 aromatic rings. The quantitative estimate of drug-likeness (QED) is 0.885. The highest BCUT2D eigenvalue weighted by molar-refractivity contribution is 6.30. The van der Waals surface area contributed by atoms with Crippen LogP contribution in [0.3, 0.4) is 0 Å². The number of para-hydroxylation sites is 2. The molecule has 2 N–H and O–H groups in total. The molecule has 0 amide bonds. The van der Waals surface area contributed by atoms with E-state index in [0.29, 0.717) is 0 Å². The molecule has 2 aromatic carbocycles. The van der Waals surface area contributed by atoms with E-state index in [9.17, 15) is 0 Å². The zero-order valence-corrected chi connectivity index (χ0v) is 13.4. The number of benzene rings is 2. The number of rotatable bonds is 5. The molecule has 0 spiro atoms. The molecule has 22 heavy (non-hydrogen) atoms. The minimum Gasteiger partial charge on any atom is -0.383 e. The third-order valence-corrected chi connectivity index (χ3v) is 4.15. The van der Waals surface area contributed by atoms with Crippen LogP contribution in [0.5, 0.6) is 0 Å². The van der Waals surface area contributed by atoms with Gasteiger partial charge in [-0.2, -0.15) is 0 Å². The van der Waals surface area contributed by atoms with Crippen LogP contribution in [0.2, 0.25) is 6.43 Å². The van der Waals surface area contributed by atoms with Gasteiger partial charge in [-0.25, -0.2) is 0 Å². The summed E-state index contributed by atoms with van der Waals surface area (Å²) >= 11 is 6.03. The molecule has 0 aliphatic carbocycles.